The summed E-state index contributed by atoms with van der Waals surface area (Å²) in [5, 5.41) is 3.47. The molecule has 0 spiro atoms. The largest absolute Gasteiger partial charge is 0.313 e. The van der Waals surface area contributed by atoms with Gasteiger partial charge < -0.3 is 5.32 Å². The average Bonchev–Trinajstić information content (AvgIpc) is 2.49. The second kappa shape index (κ2) is 7.15. The Kier molecular flexibility index (Phi) is 5.00. The summed E-state index contributed by atoms with van der Waals surface area (Å²) in [6.45, 7) is 4.28. The van der Waals surface area contributed by atoms with Gasteiger partial charge in [0.15, 0.2) is 0 Å². The summed E-state index contributed by atoms with van der Waals surface area (Å²) in [4.78, 5) is 1.40. The Morgan fingerprint density at radius 3 is 2.90 bits per heavy atom. The summed E-state index contributed by atoms with van der Waals surface area (Å²) >= 11 is 1.99. The van der Waals surface area contributed by atoms with E-state index in [1.165, 1.54) is 29.1 Å². The molecule has 0 aromatic heterocycles. The molecule has 1 nitrogen and oxygen atoms in total. The van der Waals surface area contributed by atoms with Crippen molar-refractivity contribution in [2.45, 2.75) is 37.1 Å². The molecule has 0 heterocycles. The van der Waals surface area contributed by atoms with Gasteiger partial charge in [0, 0.05) is 17.2 Å². The first kappa shape index (κ1) is 14.7. The zero-order valence-electron chi connectivity index (χ0n) is 12.6. The predicted molar refractivity (Wildman–Crippen MR) is 92.1 cm³/mol. The number of rotatable bonds is 7. The molecule has 1 N–H and O–H groups in total. The van der Waals surface area contributed by atoms with Gasteiger partial charge in [-0.2, -0.15) is 0 Å². The molecule has 1 aliphatic rings. The van der Waals surface area contributed by atoms with Crippen LogP contribution in [0.15, 0.2) is 53.4 Å². The molecule has 1 aliphatic carbocycles. The van der Waals surface area contributed by atoms with Gasteiger partial charge in [-0.1, -0.05) is 43.3 Å². The van der Waals surface area contributed by atoms with Crippen LogP contribution in [0.4, 0.5) is 0 Å². The van der Waals surface area contributed by atoms with Crippen molar-refractivity contribution in [3.8, 4) is 0 Å². The van der Waals surface area contributed by atoms with Gasteiger partial charge in [-0.25, -0.2) is 0 Å². The summed E-state index contributed by atoms with van der Waals surface area (Å²) in [5.41, 5.74) is 4.49. The Balaban J connectivity index is 1.53. The van der Waals surface area contributed by atoms with Gasteiger partial charge in [-0.3, -0.25) is 0 Å². The number of hydrogen-bond donors (Lipinski definition) is 1. The fraction of sp³-hybridized carbons (Fsp3) is 0.368. The van der Waals surface area contributed by atoms with Crippen LogP contribution in [0.25, 0.3) is 0 Å². The average molecular weight is 297 g/mol. The molecule has 0 saturated heterocycles. The molecule has 21 heavy (non-hydrogen) atoms. The zero-order valence-corrected chi connectivity index (χ0v) is 13.5. The highest BCUT2D eigenvalue weighted by Crippen LogP contribution is 2.38. The summed E-state index contributed by atoms with van der Waals surface area (Å²) in [5.74, 6) is 1.94. The van der Waals surface area contributed by atoms with Crippen molar-refractivity contribution in [3.63, 3.8) is 0 Å². The van der Waals surface area contributed by atoms with E-state index < -0.39 is 0 Å². The molecule has 2 heteroatoms. The molecule has 0 amide bonds. The standard InChI is InChI=1S/C19H23NS/c1-2-10-20-13-15-6-5-8-18(11-15)21-14-17-12-16-7-3-4-9-19(16)17/h3-9,11,17,20H,2,10,12-14H2,1H3. The molecule has 1 unspecified atom stereocenters. The van der Waals surface area contributed by atoms with Crippen molar-refractivity contribution in [1.29, 1.82) is 0 Å². The maximum Gasteiger partial charge on any atom is 0.0205 e. The first-order valence-electron chi connectivity index (χ1n) is 7.87. The SMILES string of the molecule is CCCNCc1cccc(SCC2Cc3ccccc32)c1. The minimum Gasteiger partial charge on any atom is -0.313 e. The van der Waals surface area contributed by atoms with Crippen molar-refractivity contribution in [2.24, 2.45) is 0 Å². The van der Waals surface area contributed by atoms with Gasteiger partial charge in [0.1, 0.15) is 0 Å². The highest BCUT2D eigenvalue weighted by Gasteiger charge is 2.25. The molecule has 2 aromatic rings. The quantitative estimate of drug-likeness (QED) is 0.591. The van der Waals surface area contributed by atoms with E-state index in [1.807, 2.05) is 11.8 Å². The van der Waals surface area contributed by atoms with Crippen molar-refractivity contribution >= 4 is 11.8 Å². The van der Waals surface area contributed by atoms with Gasteiger partial charge in [0.25, 0.3) is 0 Å². The Morgan fingerprint density at radius 2 is 2.05 bits per heavy atom. The molecule has 0 bridgehead atoms. The van der Waals surface area contributed by atoms with Crippen LogP contribution in [-0.2, 0) is 13.0 Å². The molecule has 3 rings (SSSR count). The first-order valence-corrected chi connectivity index (χ1v) is 8.85. The van der Waals surface area contributed by atoms with E-state index in [0.29, 0.717) is 0 Å². The van der Waals surface area contributed by atoms with Crippen molar-refractivity contribution in [2.75, 3.05) is 12.3 Å². The fourth-order valence-corrected chi connectivity index (χ4v) is 3.96. The predicted octanol–water partition coefficient (Wildman–Crippen LogP) is 4.62. The monoisotopic (exact) mass is 297 g/mol. The molecule has 1 atom stereocenters. The lowest BCUT2D eigenvalue weighted by Crippen LogP contribution is -2.18. The zero-order chi connectivity index (χ0) is 14.5. The third kappa shape index (κ3) is 3.69. The van der Waals surface area contributed by atoms with Gasteiger partial charge >= 0.3 is 0 Å². The Morgan fingerprint density at radius 1 is 1.14 bits per heavy atom. The number of benzene rings is 2. The van der Waals surface area contributed by atoms with E-state index in [1.54, 1.807) is 11.1 Å². The first-order chi connectivity index (χ1) is 10.4. The number of thioether (sulfide) groups is 1. The maximum absolute atomic E-state index is 3.47. The highest BCUT2D eigenvalue weighted by molar-refractivity contribution is 7.99. The van der Waals surface area contributed by atoms with E-state index in [-0.39, 0.29) is 0 Å². The Bertz CT molecular complexity index is 594. The van der Waals surface area contributed by atoms with Crippen molar-refractivity contribution in [1.82, 2.24) is 5.32 Å². The Labute approximate surface area is 132 Å². The molecule has 0 saturated carbocycles. The van der Waals surface area contributed by atoms with E-state index in [9.17, 15) is 0 Å². The molecular formula is C19H23NS. The normalized spacial score (nSPS) is 16.3. The molecule has 0 aliphatic heterocycles. The van der Waals surface area contributed by atoms with Crippen LogP contribution in [-0.4, -0.2) is 12.3 Å². The fourth-order valence-electron chi connectivity index (χ4n) is 2.86. The second-order valence-electron chi connectivity index (χ2n) is 5.74. The van der Waals surface area contributed by atoms with Crippen LogP contribution in [0.1, 0.15) is 36.0 Å². The van der Waals surface area contributed by atoms with Gasteiger partial charge in [0.05, 0.1) is 0 Å². The number of fused-ring (bicyclic) bond motifs is 1. The molecule has 2 aromatic carbocycles. The lowest BCUT2D eigenvalue weighted by molar-refractivity contribution is 0.673. The maximum atomic E-state index is 3.47. The summed E-state index contributed by atoms with van der Waals surface area (Å²) in [7, 11) is 0. The summed E-state index contributed by atoms with van der Waals surface area (Å²) in [6, 6.07) is 17.8. The van der Waals surface area contributed by atoms with Crippen LogP contribution >= 0.6 is 11.8 Å². The minimum atomic E-state index is 0.744. The topological polar surface area (TPSA) is 12.0 Å². The molecule has 110 valence electrons. The van der Waals surface area contributed by atoms with E-state index in [0.717, 1.165) is 19.0 Å². The van der Waals surface area contributed by atoms with Crippen LogP contribution in [0.3, 0.4) is 0 Å². The van der Waals surface area contributed by atoms with Crippen LogP contribution in [0.2, 0.25) is 0 Å². The third-order valence-corrected chi connectivity index (χ3v) is 5.22. The van der Waals surface area contributed by atoms with Crippen LogP contribution in [0, 0.1) is 0 Å². The van der Waals surface area contributed by atoms with Gasteiger partial charge in [-0.05, 0) is 54.1 Å². The summed E-state index contributed by atoms with van der Waals surface area (Å²) < 4.78 is 0. The van der Waals surface area contributed by atoms with Gasteiger partial charge in [-0.15, -0.1) is 11.8 Å². The van der Waals surface area contributed by atoms with Crippen LogP contribution < -0.4 is 5.32 Å². The number of hydrogen-bond acceptors (Lipinski definition) is 2. The van der Waals surface area contributed by atoms with Crippen molar-refractivity contribution in [3.05, 3.63) is 65.2 Å². The van der Waals surface area contributed by atoms with E-state index in [2.05, 4.69) is 60.8 Å². The number of nitrogens with one attached hydrogen (secondary N) is 1. The smallest absolute Gasteiger partial charge is 0.0205 e. The molecule has 0 radical (unpaired) electrons. The highest BCUT2D eigenvalue weighted by atomic mass is 32.2. The Hall–Kier alpha value is -1.25. The lowest BCUT2D eigenvalue weighted by atomic mass is 9.79. The minimum absolute atomic E-state index is 0.744. The van der Waals surface area contributed by atoms with Crippen LogP contribution in [0.5, 0.6) is 0 Å². The van der Waals surface area contributed by atoms with E-state index in [4.69, 9.17) is 0 Å². The lowest BCUT2D eigenvalue weighted by Gasteiger charge is -2.29. The molecular weight excluding hydrogens is 274 g/mol. The van der Waals surface area contributed by atoms with Gasteiger partial charge in [0.2, 0.25) is 0 Å². The third-order valence-electron chi connectivity index (χ3n) is 4.07. The van der Waals surface area contributed by atoms with Crippen molar-refractivity contribution < 1.29 is 0 Å². The summed E-state index contributed by atoms with van der Waals surface area (Å²) in [6.07, 6.45) is 2.44. The molecule has 0 fully saturated rings. The van der Waals surface area contributed by atoms with E-state index >= 15 is 0 Å². The second-order valence-corrected chi connectivity index (χ2v) is 6.83.